The highest BCUT2D eigenvalue weighted by Gasteiger charge is 2.11. The SMILES string of the molecule is NC(=O)COc1cccc(NCC2CCCCCC2)c1. The summed E-state index contributed by atoms with van der Waals surface area (Å²) in [4.78, 5) is 10.7. The molecule has 0 heterocycles. The Morgan fingerprint density at radius 2 is 2.00 bits per heavy atom. The molecule has 0 bridgehead atoms. The summed E-state index contributed by atoms with van der Waals surface area (Å²) in [6.45, 7) is 0.936. The first-order chi connectivity index (χ1) is 9.74. The molecule has 0 saturated heterocycles. The van der Waals surface area contributed by atoms with Crippen LogP contribution in [0.15, 0.2) is 24.3 Å². The minimum atomic E-state index is -0.457. The van der Waals surface area contributed by atoms with Gasteiger partial charge in [-0.3, -0.25) is 4.79 Å². The van der Waals surface area contributed by atoms with E-state index in [2.05, 4.69) is 5.32 Å². The molecule has 4 heteroatoms. The van der Waals surface area contributed by atoms with Gasteiger partial charge < -0.3 is 15.8 Å². The molecule has 1 fully saturated rings. The highest BCUT2D eigenvalue weighted by molar-refractivity contribution is 5.75. The molecule has 2 rings (SSSR count). The van der Waals surface area contributed by atoms with Gasteiger partial charge in [0.25, 0.3) is 5.91 Å². The second kappa shape index (κ2) is 7.78. The van der Waals surface area contributed by atoms with Crippen LogP contribution in [0.2, 0.25) is 0 Å². The monoisotopic (exact) mass is 276 g/mol. The average Bonchev–Trinajstić information content (AvgIpc) is 2.72. The summed E-state index contributed by atoms with van der Waals surface area (Å²) in [5, 5.41) is 3.47. The van der Waals surface area contributed by atoms with Crippen molar-refractivity contribution in [3.8, 4) is 5.75 Å². The number of benzene rings is 1. The van der Waals surface area contributed by atoms with Crippen LogP contribution in [0.1, 0.15) is 38.5 Å². The van der Waals surface area contributed by atoms with Gasteiger partial charge >= 0.3 is 0 Å². The molecule has 3 N–H and O–H groups in total. The van der Waals surface area contributed by atoms with Crippen LogP contribution in [0.4, 0.5) is 5.69 Å². The molecule has 0 spiro atoms. The van der Waals surface area contributed by atoms with Crippen molar-refractivity contribution in [2.75, 3.05) is 18.5 Å². The fraction of sp³-hybridized carbons (Fsp3) is 0.562. The molecule has 20 heavy (non-hydrogen) atoms. The van der Waals surface area contributed by atoms with Gasteiger partial charge in [0.15, 0.2) is 6.61 Å². The van der Waals surface area contributed by atoms with E-state index in [4.69, 9.17) is 10.5 Å². The molecule has 0 aliphatic heterocycles. The lowest BCUT2D eigenvalue weighted by atomic mass is 10.0. The molecular formula is C16H24N2O2. The highest BCUT2D eigenvalue weighted by Crippen LogP contribution is 2.24. The minimum absolute atomic E-state index is 0.0773. The molecule has 0 radical (unpaired) electrons. The van der Waals surface area contributed by atoms with E-state index in [9.17, 15) is 4.79 Å². The van der Waals surface area contributed by atoms with Crippen molar-refractivity contribution in [3.05, 3.63) is 24.3 Å². The van der Waals surface area contributed by atoms with Crippen LogP contribution in [0.25, 0.3) is 0 Å². The molecule has 4 nitrogen and oxygen atoms in total. The van der Waals surface area contributed by atoms with Crippen LogP contribution in [-0.2, 0) is 4.79 Å². The molecule has 0 atom stereocenters. The molecular weight excluding hydrogens is 252 g/mol. The number of carbonyl (C=O) groups is 1. The van der Waals surface area contributed by atoms with E-state index >= 15 is 0 Å². The van der Waals surface area contributed by atoms with Crippen molar-refractivity contribution in [1.29, 1.82) is 0 Å². The maximum atomic E-state index is 10.7. The average molecular weight is 276 g/mol. The maximum absolute atomic E-state index is 10.7. The highest BCUT2D eigenvalue weighted by atomic mass is 16.5. The lowest BCUT2D eigenvalue weighted by Crippen LogP contribution is -2.20. The van der Waals surface area contributed by atoms with Crippen molar-refractivity contribution < 1.29 is 9.53 Å². The van der Waals surface area contributed by atoms with Crippen molar-refractivity contribution in [2.45, 2.75) is 38.5 Å². The zero-order chi connectivity index (χ0) is 14.2. The molecule has 0 unspecified atom stereocenters. The number of hydrogen-bond donors (Lipinski definition) is 2. The first-order valence-corrected chi connectivity index (χ1v) is 7.49. The number of nitrogens with one attached hydrogen (secondary N) is 1. The second-order valence-electron chi connectivity index (χ2n) is 5.52. The van der Waals surface area contributed by atoms with Gasteiger partial charge in [0.2, 0.25) is 0 Å². The molecule has 0 aromatic heterocycles. The normalized spacial score (nSPS) is 16.4. The van der Waals surface area contributed by atoms with Crippen molar-refractivity contribution in [3.63, 3.8) is 0 Å². The Balaban J connectivity index is 1.82. The van der Waals surface area contributed by atoms with Crippen LogP contribution >= 0.6 is 0 Å². The van der Waals surface area contributed by atoms with Gasteiger partial charge in [0.05, 0.1) is 0 Å². The van der Waals surface area contributed by atoms with Crippen LogP contribution in [-0.4, -0.2) is 19.1 Å². The predicted octanol–water partition coefficient (Wildman–Crippen LogP) is 2.93. The lowest BCUT2D eigenvalue weighted by molar-refractivity contribution is -0.119. The first kappa shape index (κ1) is 14.7. The topological polar surface area (TPSA) is 64.4 Å². The van der Waals surface area contributed by atoms with Gasteiger partial charge in [0, 0.05) is 18.3 Å². The number of rotatable bonds is 6. The third-order valence-electron chi connectivity index (χ3n) is 3.78. The minimum Gasteiger partial charge on any atom is -0.484 e. The number of amides is 1. The predicted molar refractivity (Wildman–Crippen MR) is 80.8 cm³/mol. The maximum Gasteiger partial charge on any atom is 0.255 e. The Labute approximate surface area is 120 Å². The third kappa shape index (κ3) is 5.11. The van der Waals surface area contributed by atoms with Crippen molar-refractivity contribution in [1.82, 2.24) is 0 Å². The van der Waals surface area contributed by atoms with Gasteiger partial charge in [-0.15, -0.1) is 0 Å². The Hall–Kier alpha value is -1.71. The molecule has 1 saturated carbocycles. The Morgan fingerprint density at radius 1 is 1.25 bits per heavy atom. The summed E-state index contributed by atoms with van der Waals surface area (Å²) in [6, 6.07) is 7.69. The Morgan fingerprint density at radius 3 is 2.70 bits per heavy atom. The largest absolute Gasteiger partial charge is 0.484 e. The van der Waals surface area contributed by atoms with E-state index < -0.39 is 5.91 Å². The number of ether oxygens (including phenoxy) is 1. The van der Waals surface area contributed by atoms with E-state index in [-0.39, 0.29) is 6.61 Å². The summed E-state index contributed by atoms with van der Waals surface area (Å²) < 4.78 is 5.31. The van der Waals surface area contributed by atoms with E-state index in [1.165, 1.54) is 38.5 Å². The van der Waals surface area contributed by atoms with E-state index in [0.29, 0.717) is 5.75 Å². The van der Waals surface area contributed by atoms with Crippen LogP contribution < -0.4 is 15.8 Å². The molecule has 110 valence electrons. The molecule has 1 aliphatic carbocycles. The number of carbonyl (C=O) groups excluding carboxylic acids is 1. The van der Waals surface area contributed by atoms with Gasteiger partial charge in [-0.2, -0.15) is 0 Å². The van der Waals surface area contributed by atoms with E-state index in [1.807, 2.05) is 24.3 Å². The third-order valence-corrected chi connectivity index (χ3v) is 3.78. The summed E-state index contributed by atoms with van der Waals surface area (Å²) in [6.07, 6.45) is 8.12. The van der Waals surface area contributed by atoms with Gasteiger partial charge in [0.1, 0.15) is 5.75 Å². The molecule has 1 amide bonds. The van der Waals surface area contributed by atoms with Gasteiger partial charge in [-0.05, 0) is 30.9 Å². The summed E-state index contributed by atoms with van der Waals surface area (Å²) in [7, 11) is 0. The van der Waals surface area contributed by atoms with Crippen LogP contribution in [0.5, 0.6) is 5.75 Å². The standard InChI is InChI=1S/C16H24N2O2/c17-16(19)12-20-15-9-5-8-14(10-15)18-11-13-6-3-1-2-4-7-13/h5,8-10,13,18H,1-4,6-7,11-12H2,(H2,17,19). The quantitative estimate of drug-likeness (QED) is 0.785. The zero-order valence-corrected chi connectivity index (χ0v) is 11.9. The van der Waals surface area contributed by atoms with Crippen LogP contribution in [0.3, 0.4) is 0 Å². The van der Waals surface area contributed by atoms with Crippen LogP contribution in [0, 0.1) is 5.92 Å². The Kier molecular flexibility index (Phi) is 5.71. The molecule has 1 aromatic carbocycles. The number of primary amides is 1. The number of hydrogen-bond acceptors (Lipinski definition) is 3. The number of nitrogens with two attached hydrogens (primary N) is 1. The number of anilines is 1. The lowest BCUT2D eigenvalue weighted by Gasteiger charge is -2.16. The first-order valence-electron chi connectivity index (χ1n) is 7.49. The van der Waals surface area contributed by atoms with E-state index in [0.717, 1.165) is 18.2 Å². The fourth-order valence-electron chi connectivity index (χ4n) is 2.68. The smallest absolute Gasteiger partial charge is 0.255 e. The summed E-state index contributed by atoms with van der Waals surface area (Å²) in [5.41, 5.74) is 6.11. The van der Waals surface area contributed by atoms with Crippen molar-refractivity contribution in [2.24, 2.45) is 11.7 Å². The molecule has 1 aliphatic rings. The summed E-state index contributed by atoms with van der Waals surface area (Å²) in [5.74, 6) is 0.990. The second-order valence-corrected chi connectivity index (χ2v) is 5.52. The summed E-state index contributed by atoms with van der Waals surface area (Å²) >= 11 is 0. The molecule has 1 aromatic rings. The van der Waals surface area contributed by atoms with Gasteiger partial charge in [-0.1, -0.05) is 31.7 Å². The zero-order valence-electron chi connectivity index (χ0n) is 11.9. The van der Waals surface area contributed by atoms with Gasteiger partial charge in [-0.25, -0.2) is 0 Å². The van der Waals surface area contributed by atoms with Crippen molar-refractivity contribution >= 4 is 11.6 Å². The fourth-order valence-corrected chi connectivity index (χ4v) is 2.68. The van der Waals surface area contributed by atoms with E-state index in [1.54, 1.807) is 0 Å². The Bertz CT molecular complexity index is 426.